The Balaban J connectivity index is 0.00000363. The number of carbonyl (C=O) groups is 2. The maximum Gasteiger partial charge on any atom is 0.243 e. The second kappa shape index (κ2) is 12.7. The zero-order chi connectivity index (χ0) is 22.1. The molecule has 0 aliphatic carbocycles. The van der Waals surface area contributed by atoms with Gasteiger partial charge in [-0.2, -0.15) is 0 Å². The number of terminal acetylenes is 1. The zero-order valence-electron chi connectivity index (χ0n) is 18.1. The van der Waals surface area contributed by atoms with E-state index in [9.17, 15) is 9.59 Å². The van der Waals surface area contributed by atoms with Crippen molar-refractivity contribution in [1.82, 2.24) is 10.6 Å². The Morgan fingerprint density at radius 1 is 1.19 bits per heavy atom. The van der Waals surface area contributed by atoms with Gasteiger partial charge in [0.2, 0.25) is 11.8 Å². The molecule has 3 rings (SSSR count). The molecule has 2 aromatic carbocycles. The van der Waals surface area contributed by atoms with Crippen LogP contribution in [0.2, 0.25) is 0 Å². The van der Waals surface area contributed by atoms with E-state index in [2.05, 4.69) is 26.9 Å². The Labute approximate surface area is 206 Å². The molecule has 1 aliphatic rings. The molecule has 7 nitrogen and oxygen atoms in total. The third kappa shape index (κ3) is 7.27. The monoisotopic (exact) mass is 545 g/mol. The molecule has 1 heterocycles. The molecule has 168 valence electrons. The molecule has 1 fully saturated rings. The van der Waals surface area contributed by atoms with Gasteiger partial charge >= 0.3 is 0 Å². The van der Waals surface area contributed by atoms with Crippen molar-refractivity contribution in [3.05, 3.63) is 59.7 Å². The highest BCUT2D eigenvalue weighted by atomic mass is 127. The Morgan fingerprint density at radius 2 is 1.97 bits per heavy atom. The van der Waals surface area contributed by atoms with Gasteiger partial charge < -0.3 is 20.9 Å². The van der Waals surface area contributed by atoms with Crippen molar-refractivity contribution < 1.29 is 9.59 Å². The highest BCUT2D eigenvalue weighted by Crippen LogP contribution is 2.21. The van der Waals surface area contributed by atoms with Gasteiger partial charge in [-0.3, -0.25) is 9.59 Å². The smallest absolute Gasteiger partial charge is 0.243 e. The average Bonchev–Trinajstić information content (AvgIpc) is 3.22. The van der Waals surface area contributed by atoms with Crippen LogP contribution in [0.15, 0.2) is 53.5 Å². The lowest BCUT2D eigenvalue weighted by atomic mass is 10.2. The Hall–Kier alpha value is -3.06. The molecule has 0 saturated carbocycles. The summed E-state index contributed by atoms with van der Waals surface area (Å²) in [4.78, 5) is 30.5. The van der Waals surface area contributed by atoms with Crippen molar-refractivity contribution in [3.8, 4) is 12.3 Å². The van der Waals surface area contributed by atoms with Crippen LogP contribution in [-0.2, 0) is 16.1 Å². The first kappa shape index (κ1) is 25.2. The fourth-order valence-electron chi connectivity index (χ4n) is 3.27. The standard InChI is InChI=1S/C24H27N5O2.HI/c1-3-18-7-5-8-20(15-18)28-22(30)17-27-24(25-4-2)26-16-19-10-12-21(13-11-19)29-14-6-9-23(29)31;/h1,5,7-8,10-13,15H,4,6,9,14,16-17H2,2H3,(H,28,30)(H2,25,26,27);1H. The van der Waals surface area contributed by atoms with Crippen molar-refractivity contribution in [1.29, 1.82) is 0 Å². The summed E-state index contributed by atoms with van der Waals surface area (Å²) in [5.74, 6) is 3.08. The van der Waals surface area contributed by atoms with E-state index in [4.69, 9.17) is 6.42 Å². The molecule has 0 radical (unpaired) electrons. The van der Waals surface area contributed by atoms with Gasteiger partial charge in [-0.15, -0.1) is 30.4 Å². The molecule has 1 aliphatic heterocycles. The number of hydrogen-bond donors (Lipinski definition) is 3. The molecule has 0 atom stereocenters. The number of amides is 2. The normalized spacial score (nSPS) is 13.2. The highest BCUT2D eigenvalue weighted by molar-refractivity contribution is 14.0. The zero-order valence-corrected chi connectivity index (χ0v) is 20.4. The third-order valence-electron chi connectivity index (χ3n) is 4.81. The quantitative estimate of drug-likeness (QED) is 0.216. The first-order chi connectivity index (χ1) is 15.1. The fraction of sp³-hybridized carbons (Fsp3) is 0.292. The minimum atomic E-state index is -0.195. The lowest BCUT2D eigenvalue weighted by molar-refractivity contribution is -0.117. The minimum Gasteiger partial charge on any atom is -0.357 e. The van der Waals surface area contributed by atoms with E-state index < -0.39 is 0 Å². The molecule has 0 aromatic heterocycles. The van der Waals surface area contributed by atoms with Gasteiger partial charge in [0.1, 0.15) is 0 Å². The number of nitrogens with one attached hydrogen (secondary N) is 3. The molecule has 1 saturated heterocycles. The van der Waals surface area contributed by atoms with E-state index in [-0.39, 0.29) is 42.3 Å². The van der Waals surface area contributed by atoms with Crippen LogP contribution in [-0.4, -0.2) is 37.4 Å². The summed E-state index contributed by atoms with van der Waals surface area (Å²) in [6.07, 6.45) is 6.92. The van der Waals surface area contributed by atoms with Gasteiger partial charge in [0.25, 0.3) is 0 Å². The van der Waals surface area contributed by atoms with E-state index >= 15 is 0 Å². The van der Waals surface area contributed by atoms with Gasteiger partial charge in [0, 0.05) is 36.4 Å². The second-order valence-corrected chi connectivity index (χ2v) is 7.14. The van der Waals surface area contributed by atoms with E-state index in [0.717, 1.165) is 24.2 Å². The maximum absolute atomic E-state index is 12.2. The summed E-state index contributed by atoms with van der Waals surface area (Å²) in [7, 11) is 0. The summed E-state index contributed by atoms with van der Waals surface area (Å²) in [5, 5.41) is 8.98. The van der Waals surface area contributed by atoms with Crippen molar-refractivity contribution in [2.45, 2.75) is 26.3 Å². The number of aliphatic imine (C=N–C) groups is 1. The van der Waals surface area contributed by atoms with Crippen LogP contribution in [0.4, 0.5) is 11.4 Å². The third-order valence-corrected chi connectivity index (χ3v) is 4.81. The number of halogens is 1. The van der Waals surface area contributed by atoms with Crippen LogP contribution < -0.4 is 20.9 Å². The lowest BCUT2D eigenvalue weighted by Crippen LogP contribution is -2.41. The maximum atomic E-state index is 12.2. The van der Waals surface area contributed by atoms with Gasteiger partial charge in [0.15, 0.2) is 5.96 Å². The predicted octanol–water partition coefficient (Wildman–Crippen LogP) is 3.11. The average molecular weight is 545 g/mol. The molecule has 0 unspecified atom stereocenters. The van der Waals surface area contributed by atoms with E-state index in [1.807, 2.05) is 36.1 Å². The van der Waals surface area contributed by atoms with Gasteiger partial charge in [-0.1, -0.05) is 24.1 Å². The van der Waals surface area contributed by atoms with E-state index in [0.29, 0.717) is 36.7 Å². The van der Waals surface area contributed by atoms with Crippen LogP contribution in [0.3, 0.4) is 0 Å². The molecule has 2 amide bonds. The predicted molar refractivity (Wildman–Crippen MR) is 139 cm³/mol. The van der Waals surface area contributed by atoms with Crippen LogP contribution in [0.25, 0.3) is 0 Å². The van der Waals surface area contributed by atoms with E-state index in [1.54, 1.807) is 24.3 Å². The highest BCUT2D eigenvalue weighted by Gasteiger charge is 2.21. The topological polar surface area (TPSA) is 85.8 Å². The van der Waals surface area contributed by atoms with Crippen molar-refractivity contribution in [2.24, 2.45) is 4.99 Å². The molecule has 0 bridgehead atoms. The van der Waals surface area contributed by atoms with Crippen LogP contribution in [0, 0.1) is 12.3 Å². The number of anilines is 2. The molecule has 8 heteroatoms. The van der Waals surface area contributed by atoms with Crippen molar-refractivity contribution in [2.75, 3.05) is 29.9 Å². The van der Waals surface area contributed by atoms with Gasteiger partial charge in [-0.05, 0) is 49.2 Å². The van der Waals surface area contributed by atoms with Crippen LogP contribution in [0.1, 0.15) is 30.9 Å². The Kier molecular flexibility index (Phi) is 10.0. The van der Waals surface area contributed by atoms with Gasteiger partial charge in [-0.25, -0.2) is 4.99 Å². The minimum absolute atomic E-state index is 0. The van der Waals surface area contributed by atoms with Crippen molar-refractivity contribution in [3.63, 3.8) is 0 Å². The summed E-state index contributed by atoms with van der Waals surface area (Å²) < 4.78 is 0. The van der Waals surface area contributed by atoms with Crippen LogP contribution in [0.5, 0.6) is 0 Å². The van der Waals surface area contributed by atoms with E-state index in [1.165, 1.54) is 0 Å². The second-order valence-electron chi connectivity index (χ2n) is 7.14. The summed E-state index contributed by atoms with van der Waals surface area (Å²) in [6.45, 7) is 3.94. The number of nitrogens with zero attached hydrogens (tertiary/aromatic N) is 2. The number of guanidine groups is 1. The Morgan fingerprint density at radius 3 is 2.62 bits per heavy atom. The Bertz CT molecular complexity index is 998. The lowest BCUT2D eigenvalue weighted by Gasteiger charge is -2.16. The molecular weight excluding hydrogens is 517 g/mol. The first-order valence-corrected chi connectivity index (χ1v) is 10.4. The number of rotatable bonds is 7. The SMILES string of the molecule is C#Cc1cccc(NC(=O)CNC(=NCc2ccc(N3CCCC3=O)cc2)NCC)c1.I. The number of hydrogen-bond acceptors (Lipinski definition) is 3. The number of carbonyl (C=O) groups excluding carboxylic acids is 2. The molecule has 3 N–H and O–H groups in total. The van der Waals surface area contributed by atoms with Crippen molar-refractivity contribution >= 4 is 53.1 Å². The molecular formula is C24H28IN5O2. The molecule has 0 spiro atoms. The largest absolute Gasteiger partial charge is 0.357 e. The number of benzene rings is 2. The summed E-state index contributed by atoms with van der Waals surface area (Å²) in [6, 6.07) is 15.0. The van der Waals surface area contributed by atoms with Crippen LogP contribution >= 0.6 is 24.0 Å². The van der Waals surface area contributed by atoms with Gasteiger partial charge in [0.05, 0.1) is 13.1 Å². The summed E-state index contributed by atoms with van der Waals surface area (Å²) in [5.41, 5.74) is 3.30. The first-order valence-electron chi connectivity index (χ1n) is 10.4. The molecule has 2 aromatic rings. The molecule has 32 heavy (non-hydrogen) atoms. The fourth-order valence-corrected chi connectivity index (χ4v) is 3.27. The summed E-state index contributed by atoms with van der Waals surface area (Å²) >= 11 is 0.